The Kier molecular flexibility index (Phi) is 8.70. The summed E-state index contributed by atoms with van der Waals surface area (Å²) in [6.45, 7) is 4.52. The van der Waals surface area contributed by atoms with Gasteiger partial charge in [-0.15, -0.1) is 0 Å². The molecule has 0 aromatic carbocycles. The van der Waals surface area contributed by atoms with E-state index < -0.39 is 0 Å². The second-order valence-electron chi connectivity index (χ2n) is 4.17. The molecule has 0 radical (unpaired) electrons. The van der Waals surface area contributed by atoms with Crippen molar-refractivity contribution in [3.05, 3.63) is 0 Å². The fourth-order valence-electron chi connectivity index (χ4n) is 1.62. The van der Waals surface area contributed by atoms with Crippen molar-refractivity contribution in [2.45, 2.75) is 58.8 Å². The topological polar surface area (TPSA) is 29.1 Å². The summed E-state index contributed by atoms with van der Waals surface area (Å²) in [6.07, 6.45) is 8.22. The van der Waals surface area contributed by atoms with Crippen molar-refractivity contribution in [3.63, 3.8) is 0 Å². The number of amides is 1. The van der Waals surface area contributed by atoms with Crippen LogP contribution in [0.1, 0.15) is 58.8 Å². The number of hydrogen-bond donors (Lipinski definition) is 1. The lowest BCUT2D eigenvalue weighted by Crippen LogP contribution is -2.17. The predicted molar refractivity (Wildman–Crippen MR) is 61.2 cm³/mol. The Morgan fingerprint density at radius 2 is 1.86 bits per heavy atom. The van der Waals surface area contributed by atoms with E-state index >= 15 is 0 Å². The third-order valence-corrected chi connectivity index (χ3v) is 2.68. The van der Waals surface area contributed by atoms with Gasteiger partial charge in [-0.2, -0.15) is 0 Å². The zero-order chi connectivity index (χ0) is 10.8. The minimum Gasteiger partial charge on any atom is -0.359 e. The molecule has 0 rings (SSSR count). The molecule has 0 aliphatic carbocycles. The van der Waals surface area contributed by atoms with Crippen LogP contribution in [0, 0.1) is 5.92 Å². The van der Waals surface area contributed by atoms with E-state index in [1.807, 2.05) is 0 Å². The summed E-state index contributed by atoms with van der Waals surface area (Å²) in [5.74, 6) is 0.956. The van der Waals surface area contributed by atoms with E-state index in [0.717, 1.165) is 12.3 Å². The van der Waals surface area contributed by atoms with Crippen LogP contribution in [0.15, 0.2) is 0 Å². The molecule has 1 atom stereocenters. The van der Waals surface area contributed by atoms with Gasteiger partial charge in [0.05, 0.1) is 0 Å². The van der Waals surface area contributed by atoms with Gasteiger partial charge in [-0.3, -0.25) is 4.79 Å². The lowest BCUT2D eigenvalue weighted by Gasteiger charge is -2.09. The van der Waals surface area contributed by atoms with Crippen molar-refractivity contribution >= 4 is 5.91 Å². The SMILES string of the molecule is CCCCCC(C)CCCC(=O)NC. The Morgan fingerprint density at radius 3 is 2.43 bits per heavy atom. The summed E-state index contributed by atoms with van der Waals surface area (Å²) in [6, 6.07) is 0. The highest BCUT2D eigenvalue weighted by Gasteiger charge is 2.03. The van der Waals surface area contributed by atoms with Crippen LogP contribution < -0.4 is 5.32 Å². The van der Waals surface area contributed by atoms with Gasteiger partial charge in [-0.1, -0.05) is 46.0 Å². The maximum atomic E-state index is 10.9. The highest BCUT2D eigenvalue weighted by atomic mass is 16.1. The van der Waals surface area contributed by atoms with E-state index in [1.54, 1.807) is 7.05 Å². The molecular weight excluding hydrogens is 174 g/mol. The molecule has 0 heterocycles. The zero-order valence-electron chi connectivity index (χ0n) is 9.94. The molecule has 0 saturated heterocycles. The third-order valence-electron chi connectivity index (χ3n) is 2.68. The zero-order valence-corrected chi connectivity index (χ0v) is 9.94. The molecule has 0 saturated carbocycles. The molecule has 1 N–H and O–H groups in total. The van der Waals surface area contributed by atoms with Crippen molar-refractivity contribution in [3.8, 4) is 0 Å². The van der Waals surface area contributed by atoms with Gasteiger partial charge < -0.3 is 5.32 Å². The summed E-state index contributed by atoms with van der Waals surface area (Å²) in [5.41, 5.74) is 0. The molecule has 1 amide bonds. The smallest absolute Gasteiger partial charge is 0.219 e. The van der Waals surface area contributed by atoms with Crippen molar-refractivity contribution in [1.82, 2.24) is 5.32 Å². The van der Waals surface area contributed by atoms with Crippen molar-refractivity contribution in [1.29, 1.82) is 0 Å². The van der Waals surface area contributed by atoms with Gasteiger partial charge in [-0.25, -0.2) is 0 Å². The van der Waals surface area contributed by atoms with Crippen LogP contribution in [0.25, 0.3) is 0 Å². The first kappa shape index (κ1) is 13.5. The largest absolute Gasteiger partial charge is 0.359 e. The van der Waals surface area contributed by atoms with Crippen molar-refractivity contribution in [2.75, 3.05) is 7.05 Å². The maximum Gasteiger partial charge on any atom is 0.219 e. The molecule has 14 heavy (non-hydrogen) atoms. The second-order valence-corrected chi connectivity index (χ2v) is 4.17. The van der Waals surface area contributed by atoms with E-state index in [-0.39, 0.29) is 5.91 Å². The summed E-state index contributed by atoms with van der Waals surface area (Å²) >= 11 is 0. The van der Waals surface area contributed by atoms with Gasteiger partial charge in [0, 0.05) is 13.5 Å². The molecule has 2 heteroatoms. The molecule has 0 fully saturated rings. The minimum atomic E-state index is 0.172. The Labute approximate surface area is 88.5 Å². The van der Waals surface area contributed by atoms with Gasteiger partial charge >= 0.3 is 0 Å². The lowest BCUT2D eigenvalue weighted by molar-refractivity contribution is -0.120. The first-order valence-electron chi connectivity index (χ1n) is 5.91. The minimum absolute atomic E-state index is 0.172. The number of carbonyl (C=O) groups is 1. The van der Waals surface area contributed by atoms with E-state index in [9.17, 15) is 4.79 Å². The van der Waals surface area contributed by atoms with E-state index in [2.05, 4.69) is 19.2 Å². The van der Waals surface area contributed by atoms with Gasteiger partial charge in [0.15, 0.2) is 0 Å². The van der Waals surface area contributed by atoms with Crippen LogP contribution in [0.2, 0.25) is 0 Å². The molecule has 84 valence electrons. The van der Waals surface area contributed by atoms with Crippen LogP contribution in [-0.4, -0.2) is 13.0 Å². The fourth-order valence-corrected chi connectivity index (χ4v) is 1.62. The number of nitrogens with one attached hydrogen (secondary N) is 1. The average Bonchev–Trinajstić information content (AvgIpc) is 2.18. The van der Waals surface area contributed by atoms with E-state index in [0.29, 0.717) is 6.42 Å². The molecular formula is C12H25NO. The molecule has 0 aromatic rings. The Balaban J connectivity index is 3.26. The summed E-state index contributed by atoms with van der Waals surface area (Å²) in [4.78, 5) is 10.9. The highest BCUT2D eigenvalue weighted by Crippen LogP contribution is 2.15. The van der Waals surface area contributed by atoms with Gasteiger partial charge in [-0.05, 0) is 12.3 Å². The first-order valence-corrected chi connectivity index (χ1v) is 5.91. The molecule has 0 spiro atoms. The predicted octanol–water partition coefficient (Wildman–Crippen LogP) is 3.12. The van der Waals surface area contributed by atoms with Crippen LogP contribution in [0.3, 0.4) is 0 Å². The van der Waals surface area contributed by atoms with E-state index in [4.69, 9.17) is 0 Å². The summed E-state index contributed by atoms with van der Waals surface area (Å²) < 4.78 is 0. The number of hydrogen-bond acceptors (Lipinski definition) is 1. The Bertz CT molecular complexity index is 145. The molecule has 0 aliphatic rings. The monoisotopic (exact) mass is 199 g/mol. The molecule has 0 aliphatic heterocycles. The average molecular weight is 199 g/mol. The maximum absolute atomic E-state index is 10.9. The lowest BCUT2D eigenvalue weighted by atomic mass is 9.97. The molecule has 2 nitrogen and oxygen atoms in total. The quantitative estimate of drug-likeness (QED) is 0.598. The van der Waals surface area contributed by atoms with Crippen molar-refractivity contribution in [2.24, 2.45) is 5.92 Å². The Morgan fingerprint density at radius 1 is 1.21 bits per heavy atom. The van der Waals surface area contributed by atoms with E-state index in [1.165, 1.54) is 32.1 Å². The second kappa shape index (κ2) is 9.04. The van der Waals surface area contributed by atoms with Crippen LogP contribution in [0.4, 0.5) is 0 Å². The molecule has 0 bridgehead atoms. The van der Waals surface area contributed by atoms with Gasteiger partial charge in [0.25, 0.3) is 0 Å². The number of carbonyl (C=O) groups excluding carboxylic acids is 1. The fraction of sp³-hybridized carbons (Fsp3) is 0.917. The third kappa shape index (κ3) is 8.09. The van der Waals surface area contributed by atoms with Crippen LogP contribution >= 0.6 is 0 Å². The number of unbranched alkanes of at least 4 members (excludes halogenated alkanes) is 2. The summed E-state index contributed by atoms with van der Waals surface area (Å²) in [7, 11) is 1.70. The van der Waals surface area contributed by atoms with Crippen LogP contribution in [0.5, 0.6) is 0 Å². The Hall–Kier alpha value is -0.530. The first-order chi connectivity index (χ1) is 6.70. The molecule has 0 aromatic heterocycles. The summed E-state index contributed by atoms with van der Waals surface area (Å²) in [5, 5.41) is 2.65. The number of rotatable bonds is 8. The standard InChI is InChI=1S/C12H25NO/c1-4-5-6-8-11(2)9-7-10-12(14)13-3/h11H,4-10H2,1-3H3,(H,13,14). The molecule has 1 unspecified atom stereocenters. The van der Waals surface area contributed by atoms with Gasteiger partial charge in [0.2, 0.25) is 5.91 Å². The van der Waals surface area contributed by atoms with Crippen molar-refractivity contribution < 1.29 is 4.79 Å². The normalized spacial score (nSPS) is 12.5. The van der Waals surface area contributed by atoms with Crippen LogP contribution in [-0.2, 0) is 4.79 Å². The van der Waals surface area contributed by atoms with Gasteiger partial charge in [0.1, 0.15) is 0 Å². The highest BCUT2D eigenvalue weighted by molar-refractivity contribution is 5.75.